The zero-order chi connectivity index (χ0) is 11.8. The summed E-state index contributed by atoms with van der Waals surface area (Å²) < 4.78 is 11.2. The molecule has 0 radical (unpaired) electrons. The molecule has 1 saturated carbocycles. The fourth-order valence-electron chi connectivity index (χ4n) is 2.74. The second-order valence-electron chi connectivity index (χ2n) is 5.13. The predicted octanol–water partition coefficient (Wildman–Crippen LogP) is 3.64. The average Bonchev–Trinajstić information content (AvgIpc) is 2.31. The number of hydrogen-bond donors (Lipinski definition) is 0. The van der Waals surface area contributed by atoms with Gasteiger partial charge in [-0.1, -0.05) is 20.3 Å². The summed E-state index contributed by atoms with van der Waals surface area (Å²) in [6.45, 7) is 6.32. The van der Waals surface area contributed by atoms with Gasteiger partial charge in [-0.15, -0.1) is 0 Å². The first kappa shape index (κ1) is 14.0. The van der Waals surface area contributed by atoms with Gasteiger partial charge in [-0.25, -0.2) is 0 Å². The number of hydrogen-bond acceptors (Lipinski definition) is 2. The molecule has 1 fully saturated rings. The highest BCUT2D eigenvalue weighted by Gasteiger charge is 2.22. The summed E-state index contributed by atoms with van der Waals surface area (Å²) in [5, 5.41) is 0. The summed E-state index contributed by atoms with van der Waals surface area (Å²) in [5.74, 6) is 1.54. The van der Waals surface area contributed by atoms with Gasteiger partial charge in [-0.05, 0) is 43.9 Å². The van der Waals surface area contributed by atoms with Crippen LogP contribution in [0.3, 0.4) is 0 Å². The smallest absolute Gasteiger partial charge is 0.0570 e. The van der Waals surface area contributed by atoms with Crippen molar-refractivity contribution in [3.63, 3.8) is 0 Å². The Labute approximate surface area is 101 Å². The minimum atomic E-state index is 0.475. The lowest BCUT2D eigenvalue weighted by atomic mass is 9.82. The van der Waals surface area contributed by atoms with E-state index in [9.17, 15) is 0 Å². The van der Waals surface area contributed by atoms with Crippen LogP contribution in [0.4, 0.5) is 0 Å². The molecule has 2 heteroatoms. The molecule has 1 aliphatic carbocycles. The molecule has 0 unspecified atom stereocenters. The van der Waals surface area contributed by atoms with E-state index in [0.29, 0.717) is 6.10 Å². The summed E-state index contributed by atoms with van der Waals surface area (Å²) >= 11 is 0. The molecule has 2 atom stereocenters. The minimum Gasteiger partial charge on any atom is -0.384 e. The van der Waals surface area contributed by atoms with Crippen LogP contribution in [-0.2, 0) is 9.47 Å². The van der Waals surface area contributed by atoms with E-state index in [1.165, 1.54) is 25.7 Å². The largest absolute Gasteiger partial charge is 0.384 e. The van der Waals surface area contributed by atoms with Crippen molar-refractivity contribution in [1.29, 1.82) is 0 Å². The second kappa shape index (κ2) is 8.08. The first-order valence-electron chi connectivity index (χ1n) is 6.90. The molecule has 0 heterocycles. The third-order valence-corrected chi connectivity index (χ3v) is 3.77. The molecule has 96 valence electrons. The van der Waals surface area contributed by atoms with E-state index in [-0.39, 0.29) is 0 Å². The van der Waals surface area contributed by atoms with Gasteiger partial charge in [0.2, 0.25) is 0 Å². The second-order valence-corrected chi connectivity index (χ2v) is 5.13. The van der Waals surface area contributed by atoms with Gasteiger partial charge in [0, 0.05) is 20.3 Å². The van der Waals surface area contributed by atoms with Gasteiger partial charge >= 0.3 is 0 Å². The van der Waals surface area contributed by atoms with Crippen molar-refractivity contribution in [2.45, 2.75) is 58.5 Å². The van der Waals surface area contributed by atoms with Crippen molar-refractivity contribution in [3.05, 3.63) is 0 Å². The van der Waals surface area contributed by atoms with Crippen molar-refractivity contribution in [2.24, 2.45) is 11.8 Å². The molecule has 0 aromatic carbocycles. The van der Waals surface area contributed by atoms with Gasteiger partial charge in [0.1, 0.15) is 0 Å². The fraction of sp³-hybridized carbons (Fsp3) is 1.00. The fourth-order valence-corrected chi connectivity index (χ4v) is 2.74. The number of rotatable bonds is 7. The van der Waals surface area contributed by atoms with E-state index in [2.05, 4.69) is 13.8 Å². The molecule has 0 aromatic heterocycles. The maximum atomic E-state index is 5.97. The molecule has 0 saturated heterocycles. The molecular weight excluding hydrogens is 200 g/mol. The van der Waals surface area contributed by atoms with Crippen LogP contribution in [0.2, 0.25) is 0 Å². The Bertz CT molecular complexity index is 164. The highest BCUT2D eigenvalue weighted by Crippen LogP contribution is 2.29. The number of methoxy groups -OCH3 is 1. The maximum Gasteiger partial charge on any atom is 0.0570 e. The molecule has 0 aliphatic heterocycles. The Morgan fingerprint density at radius 2 is 1.69 bits per heavy atom. The Morgan fingerprint density at radius 3 is 2.25 bits per heavy atom. The van der Waals surface area contributed by atoms with Crippen LogP contribution >= 0.6 is 0 Å². The Kier molecular flexibility index (Phi) is 7.06. The average molecular weight is 228 g/mol. The van der Waals surface area contributed by atoms with Crippen LogP contribution in [0.25, 0.3) is 0 Å². The Hall–Kier alpha value is -0.0800. The van der Waals surface area contributed by atoms with Crippen molar-refractivity contribution in [1.82, 2.24) is 0 Å². The van der Waals surface area contributed by atoms with Crippen LogP contribution in [0.5, 0.6) is 0 Å². The monoisotopic (exact) mass is 228 g/mol. The van der Waals surface area contributed by atoms with E-state index >= 15 is 0 Å². The first-order chi connectivity index (χ1) is 7.80. The molecule has 2 nitrogen and oxygen atoms in total. The van der Waals surface area contributed by atoms with Crippen LogP contribution in [0.15, 0.2) is 0 Å². The van der Waals surface area contributed by atoms with Crippen molar-refractivity contribution in [3.8, 4) is 0 Å². The SMILES string of the molecule is CCC(CC)OC[C@@H]1CCC[C@H](COC)C1. The number of ether oxygens (including phenoxy) is 2. The van der Waals surface area contributed by atoms with E-state index in [1.807, 2.05) is 7.11 Å². The van der Waals surface area contributed by atoms with Crippen LogP contribution < -0.4 is 0 Å². The van der Waals surface area contributed by atoms with Crippen molar-refractivity contribution >= 4 is 0 Å². The first-order valence-corrected chi connectivity index (χ1v) is 6.90. The Morgan fingerprint density at radius 1 is 1.06 bits per heavy atom. The topological polar surface area (TPSA) is 18.5 Å². The zero-order valence-electron chi connectivity index (χ0n) is 11.2. The molecule has 16 heavy (non-hydrogen) atoms. The summed E-state index contributed by atoms with van der Waals surface area (Å²) in [4.78, 5) is 0. The molecule has 0 N–H and O–H groups in total. The summed E-state index contributed by atoms with van der Waals surface area (Å²) in [5.41, 5.74) is 0. The molecule has 0 spiro atoms. The maximum absolute atomic E-state index is 5.97. The van der Waals surface area contributed by atoms with Gasteiger partial charge < -0.3 is 9.47 Å². The Balaban J connectivity index is 2.20. The van der Waals surface area contributed by atoms with Gasteiger partial charge in [-0.3, -0.25) is 0 Å². The third kappa shape index (κ3) is 4.84. The minimum absolute atomic E-state index is 0.475. The van der Waals surface area contributed by atoms with E-state index < -0.39 is 0 Å². The summed E-state index contributed by atoms with van der Waals surface area (Å²) in [7, 11) is 1.81. The highest BCUT2D eigenvalue weighted by molar-refractivity contribution is 4.73. The molecule has 0 bridgehead atoms. The quantitative estimate of drug-likeness (QED) is 0.662. The summed E-state index contributed by atoms with van der Waals surface area (Å²) in [6, 6.07) is 0. The van der Waals surface area contributed by atoms with Crippen LogP contribution in [-0.4, -0.2) is 26.4 Å². The molecule has 0 amide bonds. The van der Waals surface area contributed by atoms with Crippen LogP contribution in [0, 0.1) is 11.8 Å². The lowest BCUT2D eigenvalue weighted by Gasteiger charge is -2.29. The summed E-state index contributed by atoms with van der Waals surface area (Å²) in [6.07, 6.45) is 8.10. The molecular formula is C14H28O2. The van der Waals surface area contributed by atoms with E-state index in [4.69, 9.17) is 9.47 Å². The van der Waals surface area contributed by atoms with Crippen molar-refractivity contribution in [2.75, 3.05) is 20.3 Å². The predicted molar refractivity (Wildman–Crippen MR) is 67.6 cm³/mol. The van der Waals surface area contributed by atoms with E-state index in [1.54, 1.807) is 0 Å². The zero-order valence-corrected chi connectivity index (χ0v) is 11.2. The van der Waals surface area contributed by atoms with Gasteiger partial charge in [0.15, 0.2) is 0 Å². The molecule has 1 aliphatic rings. The van der Waals surface area contributed by atoms with Gasteiger partial charge in [0.05, 0.1) is 6.10 Å². The molecule has 0 aromatic rings. The van der Waals surface area contributed by atoms with E-state index in [0.717, 1.165) is 37.9 Å². The highest BCUT2D eigenvalue weighted by atomic mass is 16.5. The molecule has 1 rings (SSSR count). The standard InChI is InChI=1S/C14H28O2/c1-4-14(5-2)16-11-13-8-6-7-12(9-13)10-15-3/h12-14H,4-11H2,1-3H3/t12-,13+/m0/s1. The van der Waals surface area contributed by atoms with Crippen LogP contribution in [0.1, 0.15) is 52.4 Å². The lowest BCUT2D eigenvalue weighted by Crippen LogP contribution is -2.24. The normalized spacial score (nSPS) is 26.2. The van der Waals surface area contributed by atoms with Gasteiger partial charge in [0.25, 0.3) is 0 Å². The van der Waals surface area contributed by atoms with Gasteiger partial charge in [-0.2, -0.15) is 0 Å². The van der Waals surface area contributed by atoms with Crippen molar-refractivity contribution < 1.29 is 9.47 Å². The lowest BCUT2D eigenvalue weighted by molar-refractivity contribution is 0.00511. The third-order valence-electron chi connectivity index (χ3n) is 3.77.